The molecule has 27 heavy (non-hydrogen) atoms. The minimum atomic E-state index is -0.0868. The Morgan fingerprint density at radius 2 is 1.85 bits per heavy atom. The summed E-state index contributed by atoms with van der Waals surface area (Å²) in [6.45, 7) is 4.77. The van der Waals surface area contributed by atoms with Crippen molar-refractivity contribution < 1.29 is 19.0 Å². The van der Waals surface area contributed by atoms with Crippen LogP contribution in [0.4, 0.5) is 5.69 Å². The van der Waals surface area contributed by atoms with Crippen LogP contribution in [-0.4, -0.2) is 26.7 Å². The number of halogens is 1. The Bertz CT molecular complexity index is 777. The van der Waals surface area contributed by atoms with Crippen LogP contribution in [0.3, 0.4) is 0 Å². The topological polar surface area (TPSA) is 56.8 Å². The molecule has 146 valence electrons. The first-order valence-corrected chi connectivity index (χ1v) is 9.68. The van der Waals surface area contributed by atoms with Crippen molar-refractivity contribution >= 4 is 27.5 Å². The summed E-state index contributed by atoms with van der Waals surface area (Å²) >= 11 is 3.54. The monoisotopic (exact) mass is 435 g/mol. The van der Waals surface area contributed by atoms with Crippen molar-refractivity contribution in [1.82, 2.24) is 0 Å². The van der Waals surface area contributed by atoms with E-state index in [1.807, 2.05) is 6.07 Å². The van der Waals surface area contributed by atoms with Gasteiger partial charge >= 0.3 is 0 Å². The lowest BCUT2D eigenvalue weighted by Crippen LogP contribution is -2.13. The molecule has 1 N–H and O–H groups in total. The molecule has 0 aliphatic rings. The van der Waals surface area contributed by atoms with E-state index in [1.165, 1.54) is 5.56 Å². The van der Waals surface area contributed by atoms with E-state index in [0.717, 1.165) is 10.2 Å². The van der Waals surface area contributed by atoms with Crippen LogP contribution in [0.2, 0.25) is 0 Å². The Balaban J connectivity index is 1.81. The van der Waals surface area contributed by atoms with Crippen LogP contribution in [0.25, 0.3) is 0 Å². The molecular formula is C21H26BrNO4. The molecule has 0 aliphatic carbocycles. The number of carbonyl (C=O) groups excluding carboxylic acids is 1. The molecule has 0 saturated carbocycles. The number of nitrogens with one attached hydrogen (secondary N) is 1. The third kappa shape index (κ3) is 6.17. The SMILES string of the molecule is COc1ccc(NC(=O)CCCOc2ccc(C(C)C)cc2Br)c(OC)c1. The van der Waals surface area contributed by atoms with Crippen LogP contribution in [0, 0.1) is 0 Å². The zero-order valence-electron chi connectivity index (χ0n) is 16.2. The number of rotatable bonds is 9. The van der Waals surface area contributed by atoms with Gasteiger partial charge in [0.15, 0.2) is 0 Å². The maximum atomic E-state index is 12.2. The standard InChI is InChI=1S/C21H26BrNO4/c1-14(2)15-7-10-19(17(22)12-15)27-11-5-6-21(24)23-18-9-8-16(25-3)13-20(18)26-4/h7-10,12-14H,5-6,11H2,1-4H3,(H,23,24). The second kappa shape index (κ2) is 10.2. The summed E-state index contributed by atoms with van der Waals surface area (Å²) in [5.74, 6) is 2.40. The molecule has 0 spiro atoms. The summed E-state index contributed by atoms with van der Waals surface area (Å²) in [7, 11) is 3.14. The molecule has 0 aromatic heterocycles. The van der Waals surface area contributed by atoms with Crippen LogP contribution >= 0.6 is 15.9 Å². The van der Waals surface area contributed by atoms with Crippen molar-refractivity contribution in [2.24, 2.45) is 0 Å². The normalized spacial score (nSPS) is 10.6. The fraction of sp³-hybridized carbons (Fsp3) is 0.381. The summed E-state index contributed by atoms with van der Waals surface area (Å²) < 4.78 is 17.2. The zero-order valence-corrected chi connectivity index (χ0v) is 17.8. The minimum absolute atomic E-state index is 0.0868. The fourth-order valence-corrected chi connectivity index (χ4v) is 3.03. The van der Waals surface area contributed by atoms with E-state index in [-0.39, 0.29) is 5.91 Å². The van der Waals surface area contributed by atoms with Gasteiger partial charge in [-0.25, -0.2) is 0 Å². The van der Waals surface area contributed by atoms with Crippen LogP contribution in [0.15, 0.2) is 40.9 Å². The third-order valence-corrected chi connectivity index (χ3v) is 4.73. The van der Waals surface area contributed by atoms with E-state index in [4.69, 9.17) is 14.2 Å². The number of ether oxygens (including phenoxy) is 3. The molecule has 2 rings (SSSR count). The summed E-state index contributed by atoms with van der Waals surface area (Å²) in [6.07, 6.45) is 0.972. The lowest BCUT2D eigenvalue weighted by atomic mass is 10.0. The summed E-state index contributed by atoms with van der Waals surface area (Å²) in [5, 5.41) is 2.86. The quantitative estimate of drug-likeness (QED) is 0.536. The minimum Gasteiger partial charge on any atom is -0.497 e. The maximum Gasteiger partial charge on any atom is 0.224 e. The highest BCUT2D eigenvalue weighted by Gasteiger charge is 2.10. The number of anilines is 1. The molecule has 0 saturated heterocycles. The van der Waals surface area contributed by atoms with Crippen molar-refractivity contribution in [2.45, 2.75) is 32.6 Å². The molecule has 0 aliphatic heterocycles. The molecule has 6 heteroatoms. The Morgan fingerprint density at radius 1 is 1.07 bits per heavy atom. The van der Waals surface area contributed by atoms with Gasteiger partial charge in [0.2, 0.25) is 5.91 Å². The predicted octanol–water partition coefficient (Wildman–Crippen LogP) is 5.39. The Morgan fingerprint density at radius 3 is 2.48 bits per heavy atom. The zero-order chi connectivity index (χ0) is 19.8. The third-order valence-electron chi connectivity index (χ3n) is 4.11. The van der Waals surface area contributed by atoms with Gasteiger partial charge < -0.3 is 19.5 Å². The molecule has 0 unspecified atom stereocenters. The molecule has 0 radical (unpaired) electrons. The first kappa shape index (κ1) is 21.1. The number of hydrogen-bond acceptors (Lipinski definition) is 4. The Labute approximate surface area is 169 Å². The van der Waals surface area contributed by atoms with E-state index >= 15 is 0 Å². The average molecular weight is 436 g/mol. The average Bonchev–Trinajstić information content (AvgIpc) is 2.66. The lowest BCUT2D eigenvalue weighted by Gasteiger charge is -2.13. The molecule has 2 aromatic rings. The Hall–Kier alpha value is -2.21. The van der Waals surface area contributed by atoms with Gasteiger partial charge in [-0.2, -0.15) is 0 Å². The van der Waals surface area contributed by atoms with E-state index in [9.17, 15) is 4.79 Å². The molecule has 0 atom stereocenters. The van der Waals surface area contributed by atoms with E-state index in [0.29, 0.717) is 42.6 Å². The molecule has 1 amide bonds. The first-order valence-electron chi connectivity index (χ1n) is 8.88. The molecule has 2 aromatic carbocycles. The fourth-order valence-electron chi connectivity index (χ4n) is 2.52. The highest BCUT2D eigenvalue weighted by atomic mass is 79.9. The second-order valence-corrected chi connectivity index (χ2v) is 7.27. The van der Waals surface area contributed by atoms with Crippen molar-refractivity contribution in [1.29, 1.82) is 0 Å². The first-order chi connectivity index (χ1) is 12.9. The van der Waals surface area contributed by atoms with Gasteiger partial charge in [0.1, 0.15) is 17.2 Å². The summed E-state index contributed by atoms with van der Waals surface area (Å²) in [5.41, 5.74) is 1.87. The smallest absolute Gasteiger partial charge is 0.224 e. The Kier molecular flexibility index (Phi) is 7.98. The molecular weight excluding hydrogens is 410 g/mol. The van der Waals surface area contributed by atoms with Gasteiger partial charge in [-0.3, -0.25) is 4.79 Å². The van der Waals surface area contributed by atoms with Crippen molar-refractivity contribution in [3.8, 4) is 17.2 Å². The van der Waals surface area contributed by atoms with Gasteiger partial charge in [-0.05, 0) is 58.1 Å². The van der Waals surface area contributed by atoms with Crippen molar-refractivity contribution in [3.63, 3.8) is 0 Å². The van der Waals surface area contributed by atoms with Gasteiger partial charge in [0.25, 0.3) is 0 Å². The molecule has 0 heterocycles. The lowest BCUT2D eigenvalue weighted by molar-refractivity contribution is -0.116. The number of methoxy groups -OCH3 is 2. The van der Waals surface area contributed by atoms with E-state index in [2.05, 4.69) is 47.2 Å². The van der Waals surface area contributed by atoms with E-state index in [1.54, 1.807) is 32.4 Å². The van der Waals surface area contributed by atoms with Crippen LogP contribution in [0.5, 0.6) is 17.2 Å². The highest BCUT2D eigenvalue weighted by molar-refractivity contribution is 9.10. The van der Waals surface area contributed by atoms with Crippen molar-refractivity contribution in [3.05, 3.63) is 46.4 Å². The second-order valence-electron chi connectivity index (χ2n) is 6.41. The van der Waals surface area contributed by atoms with Gasteiger partial charge in [0, 0.05) is 12.5 Å². The van der Waals surface area contributed by atoms with E-state index < -0.39 is 0 Å². The maximum absolute atomic E-state index is 12.2. The summed E-state index contributed by atoms with van der Waals surface area (Å²) in [6, 6.07) is 11.4. The predicted molar refractivity (Wildman–Crippen MR) is 111 cm³/mol. The summed E-state index contributed by atoms with van der Waals surface area (Å²) in [4.78, 5) is 12.2. The van der Waals surface area contributed by atoms with Crippen LogP contribution in [-0.2, 0) is 4.79 Å². The molecule has 0 fully saturated rings. The number of carbonyl (C=O) groups is 1. The molecule has 0 bridgehead atoms. The van der Waals surface area contributed by atoms with Gasteiger partial charge in [-0.15, -0.1) is 0 Å². The highest BCUT2D eigenvalue weighted by Crippen LogP contribution is 2.30. The largest absolute Gasteiger partial charge is 0.497 e. The van der Waals surface area contributed by atoms with Gasteiger partial charge in [0.05, 0.1) is 31.0 Å². The van der Waals surface area contributed by atoms with Crippen LogP contribution in [0.1, 0.15) is 38.2 Å². The molecule has 5 nitrogen and oxygen atoms in total. The number of amides is 1. The van der Waals surface area contributed by atoms with Crippen molar-refractivity contribution in [2.75, 3.05) is 26.1 Å². The number of benzene rings is 2. The van der Waals surface area contributed by atoms with Gasteiger partial charge in [-0.1, -0.05) is 19.9 Å². The van der Waals surface area contributed by atoms with Crippen LogP contribution < -0.4 is 19.5 Å². The number of hydrogen-bond donors (Lipinski definition) is 1.